The maximum atomic E-state index is 3.60. The monoisotopic (exact) mass is 207 g/mol. The van der Waals surface area contributed by atoms with Gasteiger partial charge in [0.15, 0.2) is 0 Å². The fraction of sp³-hybridized carbons (Fsp3) is 1.00. The van der Waals surface area contributed by atoms with E-state index in [0.717, 1.165) is 35.6 Å². The smallest absolute Gasteiger partial charge is 0.00980 e. The molecular weight excluding hydrogens is 182 g/mol. The fourth-order valence-electron chi connectivity index (χ4n) is 4.88. The zero-order valence-corrected chi connectivity index (χ0v) is 10.2. The second-order valence-electron chi connectivity index (χ2n) is 6.10. The molecule has 3 aliphatic carbocycles. The molecule has 3 saturated carbocycles. The number of unbranched alkanes of at least 4 members (excludes halogenated alkanes) is 1. The van der Waals surface area contributed by atoms with Gasteiger partial charge >= 0.3 is 0 Å². The van der Waals surface area contributed by atoms with E-state index in [0.29, 0.717) is 0 Å². The van der Waals surface area contributed by atoms with Crippen LogP contribution in [0.4, 0.5) is 0 Å². The van der Waals surface area contributed by atoms with Crippen LogP contribution in [0.5, 0.6) is 0 Å². The number of hydrogen-bond acceptors (Lipinski definition) is 1. The second-order valence-corrected chi connectivity index (χ2v) is 6.10. The van der Waals surface area contributed by atoms with Crippen molar-refractivity contribution in [3.05, 3.63) is 0 Å². The number of fused-ring (bicyclic) bond motifs is 5. The van der Waals surface area contributed by atoms with Gasteiger partial charge in [-0.15, -0.1) is 0 Å². The molecule has 5 atom stereocenters. The summed E-state index contributed by atoms with van der Waals surface area (Å²) < 4.78 is 0. The van der Waals surface area contributed by atoms with Crippen LogP contribution in [0.25, 0.3) is 0 Å². The van der Waals surface area contributed by atoms with Gasteiger partial charge in [0, 0.05) is 6.04 Å². The van der Waals surface area contributed by atoms with E-state index < -0.39 is 0 Å². The van der Waals surface area contributed by atoms with E-state index >= 15 is 0 Å². The number of nitrogens with one attached hydrogen (secondary N) is 1. The Kier molecular flexibility index (Phi) is 2.54. The minimum atomic E-state index is 0.850. The second kappa shape index (κ2) is 3.76. The van der Waals surface area contributed by atoms with Gasteiger partial charge in [0.05, 0.1) is 0 Å². The van der Waals surface area contributed by atoms with Crippen molar-refractivity contribution < 1.29 is 0 Å². The third kappa shape index (κ3) is 1.46. The predicted octanol–water partition coefficient (Wildman–Crippen LogP) is 3.06. The van der Waals surface area contributed by atoms with Crippen LogP contribution in [0, 0.1) is 29.6 Å². The van der Waals surface area contributed by atoms with Gasteiger partial charge in [0.1, 0.15) is 0 Å². The molecule has 1 heteroatoms. The number of hydrogen-bond donors (Lipinski definition) is 1. The average molecular weight is 207 g/mol. The molecule has 0 aromatic rings. The molecule has 86 valence electrons. The van der Waals surface area contributed by atoms with Crippen LogP contribution in [0.2, 0.25) is 0 Å². The molecule has 3 fully saturated rings. The highest BCUT2D eigenvalue weighted by Crippen LogP contribution is 2.70. The summed E-state index contributed by atoms with van der Waals surface area (Å²) in [5.41, 5.74) is 0. The molecule has 2 bridgehead atoms. The molecule has 0 radical (unpaired) electrons. The zero-order chi connectivity index (χ0) is 10.4. The van der Waals surface area contributed by atoms with Crippen molar-refractivity contribution in [2.24, 2.45) is 29.6 Å². The highest BCUT2D eigenvalue weighted by Gasteiger charge is 2.66. The van der Waals surface area contributed by atoms with Gasteiger partial charge in [0.2, 0.25) is 0 Å². The predicted molar refractivity (Wildman–Crippen MR) is 63.7 cm³/mol. The SMILES string of the molecule is CCCCC(NC)C1C2C3CCC(C3)C21. The van der Waals surface area contributed by atoms with Crippen LogP contribution in [0.3, 0.4) is 0 Å². The summed E-state index contributed by atoms with van der Waals surface area (Å²) in [6, 6.07) is 0.850. The fourth-order valence-corrected chi connectivity index (χ4v) is 4.88. The minimum absolute atomic E-state index is 0.850. The summed E-state index contributed by atoms with van der Waals surface area (Å²) >= 11 is 0. The van der Waals surface area contributed by atoms with Gasteiger partial charge in [-0.2, -0.15) is 0 Å². The minimum Gasteiger partial charge on any atom is -0.317 e. The van der Waals surface area contributed by atoms with Crippen LogP contribution in [-0.4, -0.2) is 13.1 Å². The van der Waals surface area contributed by atoms with Crippen LogP contribution < -0.4 is 5.32 Å². The molecule has 3 rings (SSSR count). The van der Waals surface area contributed by atoms with E-state index in [2.05, 4.69) is 19.3 Å². The van der Waals surface area contributed by atoms with E-state index in [4.69, 9.17) is 0 Å². The molecule has 0 aromatic carbocycles. The largest absolute Gasteiger partial charge is 0.317 e. The summed E-state index contributed by atoms with van der Waals surface area (Å²) in [6.45, 7) is 2.31. The van der Waals surface area contributed by atoms with Gasteiger partial charge in [-0.05, 0) is 62.3 Å². The topological polar surface area (TPSA) is 12.0 Å². The molecule has 3 aliphatic rings. The van der Waals surface area contributed by atoms with E-state index in [1.807, 2.05) is 0 Å². The summed E-state index contributed by atoms with van der Waals surface area (Å²) in [5, 5.41) is 3.60. The Labute approximate surface area is 94.0 Å². The summed E-state index contributed by atoms with van der Waals surface area (Å²) in [5.74, 6) is 5.66. The summed E-state index contributed by atoms with van der Waals surface area (Å²) in [7, 11) is 2.18. The van der Waals surface area contributed by atoms with Crippen molar-refractivity contribution in [1.29, 1.82) is 0 Å². The lowest BCUT2D eigenvalue weighted by atomic mass is 9.94. The summed E-state index contributed by atoms with van der Waals surface area (Å²) in [4.78, 5) is 0. The van der Waals surface area contributed by atoms with E-state index in [9.17, 15) is 0 Å². The molecule has 0 aliphatic heterocycles. The van der Waals surface area contributed by atoms with E-state index in [1.165, 1.54) is 19.3 Å². The Balaban J connectivity index is 1.60. The lowest BCUT2D eigenvalue weighted by molar-refractivity contribution is 0.358. The van der Waals surface area contributed by atoms with Crippen LogP contribution >= 0.6 is 0 Å². The molecule has 1 nitrogen and oxygen atoms in total. The van der Waals surface area contributed by atoms with Gasteiger partial charge in [-0.1, -0.05) is 19.8 Å². The van der Waals surface area contributed by atoms with Crippen LogP contribution in [0.15, 0.2) is 0 Å². The van der Waals surface area contributed by atoms with Crippen LogP contribution in [0.1, 0.15) is 45.4 Å². The third-order valence-corrected chi connectivity index (χ3v) is 5.50. The molecule has 5 unspecified atom stereocenters. The standard InChI is InChI=1S/C14H25N/c1-3-4-5-11(15-2)14-12-9-6-7-10(8-9)13(12)14/h9-15H,3-8H2,1-2H3. The Morgan fingerprint density at radius 2 is 1.87 bits per heavy atom. The average Bonchev–Trinajstić information content (AvgIpc) is 2.70. The first-order valence-electron chi connectivity index (χ1n) is 7.04. The van der Waals surface area contributed by atoms with Gasteiger partial charge in [0.25, 0.3) is 0 Å². The Hall–Kier alpha value is -0.0400. The van der Waals surface area contributed by atoms with Gasteiger partial charge in [-0.25, -0.2) is 0 Å². The molecule has 0 heterocycles. The van der Waals surface area contributed by atoms with Crippen molar-refractivity contribution in [3.63, 3.8) is 0 Å². The normalized spacial score (nSPS) is 48.0. The van der Waals surface area contributed by atoms with E-state index in [-0.39, 0.29) is 0 Å². The van der Waals surface area contributed by atoms with Crippen molar-refractivity contribution in [2.45, 2.75) is 51.5 Å². The molecule has 15 heavy (non-hydrogen) atoms. The molecule has 0 saturated heterocycles. The molecule has 0 spiro atoms. The molecule has 0 aromatic heterocycles. The number of rotatable bonds is 5. The van der Waals surface area contributed by atoms with Crippen molar-refractivity contribution in [2.75, 3.05) is 7.05 Å². The Bertz CT molecular complexity index is 221. The maximum Gasteiger partial charge on any atom is 0.00980 e. The zero-order valence-electron chi connectivity index (χ0n) is 10.2. The van der Waals surface area contributed by atoms with Crippen molar-refractivity contribution in [3.8, 4) is 0 Å². The first-order chi connectivity index (χ1) is 7.36. The first kappa shape index (κ1) is 10.1. The molecule has 0 amide bonds. The van der Waals surface area contributed by atoms with Crippen molar-refractivity contribution >= 4 is 0 Å². The lowest BCUT2D eigenvalue weighted by Crippen LogP contribution is -2.30. The quantitative estimate of drug-likeness (QED) is 0.730. The third-order valence-electron chi connectivity index (χ3n) is 5.50. The first-order valence-corrected chi connectivity index (χ1v) is 7.04. The highest BCUT2D eigenvalue weighted by atomic mass is 14.9. The van der Waals surface area contributed by atoms with Crippen molar-refractivity contribution in [1.82, 2.24) is 5.32 Å². The molecular formula is C14H25N. The van der Waals surface area contributed by atoms with Gasteiger partial charge in [-0.3, -0.25) is 0 Å². The molecule has 1 N–H and O–H groups in total. The van der Waals surface area contributed by atoms with Gasteiger partial charge < -0.3 is 5.32 Å². The summed E-state index contributed by atoms with van der Waals surface area (Å²) in [6.07, 6.45) is 8.91. The maximum absolute atomic E-state index is 3.60. The van der Waals surface area contributed by atoms with Crippen LogP contribution in [-0.2, 0) is 0 Å². The Morgan fingerprint density at radius 3 is 2.40 bits per heavy atom. The lowest BCUT2D eigenvalue weighted by Gasteiger charge is -2.19. The Morgan fingerprint density at radius 1 is 1.20 bits per heavy atom. The highest BCUT2D eigenvalue weighted by molar-refractivity contribution is 5.15. The van der Waals surface area contributed by atoms with E-state index in [1.54, 1.807) is 19.3 Å².